The zero-order valence-electron chi connectivity index (χ0n) is 14.1. The van der Waals surface area contributed by atoms with Gasteiger partial charge in [-0.3, -0.25) is 9.59 Å². The lowest BCUT2D eigenvalue weighted by molar-refractivity contribution is -0.142. The normalized spacial score (nSPS) is 16.1. The number of nitrogens with one attached hydrogen (secondary N) is 1. The summed E-state index contributed by atoms with van der Waals surface area (Å²) in [6, 6.07) is 7.97. The average molecular weight is 356 g/mol. The van der Waals surface area contributed by atoms with E-state index in [2.05, 4.69) is 10.4 Å². The number of anilines is 1. The fourth-order valence-corrected chi connectivity index (χ4v) is 4.27. The van der Waals surface area contributed by atoms with Crippen LogP contribution in [0.5, 0.6) is 0 Å². The highest BCUT2D eigenvalue weighted by Gasteiger charge is 2.29. The van der Waals surface area contributed by atoms with E-state index < -0.39 is 11.8 Å². The number of benzene rings is 1. The maximum Gasteiger partial charge on any atom is 0.315 e. The van der Waals surface area contributed by atoms with Crippen molar-refractivity contribution >= 4 is 29.4 Å². The number of thioether (sulfide) groups is 1. The number of hydrogen-bond donors (Lipinski definition) is 1. The van der Waals surface area contributed by atoms with Gasteiger partial charge in [-0.2, -0.15) is 16.9 Å². The van der Waals surface area contributed by atoms with Crippen molar-refractivity contribution in [2.45, 2.75) is 31.3 Å². The molecule has 3 heterocycles. The predicted octanol–water partition coefficient (Wildman–Crippen LogP) is 2.49. The van der Waals surface area contributed by atoms with Crippen molar-refractivity contribution in [2.75, 3.05) is 18.4 Å². The predicted molar refractivity (Wildman–Crippen MR) is 97.7 cm³/mol. The molecule has 0 spiro atoms. The van der Waals surface area contributed by atoms with Crippen molar-refractivity contribution in [2.24, 2.45) is 0 Å². The molecule has 0 unspecified atom stereocenters. The Balaban J connectivity index is 1.65. The van der Waals surface area contributed by atoms with Crippen LogP contribution in [0.15, 0.2) is 24.3 Å². The summed E-state index contributed by atoms with van der Waals surface area (Å²) in [5, 5.41) is 7.49. The third kappa shape index (κ3) is 3.04. The molecule has 25 heavy (non-hydrogen) atoms. The average Bonchev–Trinajstić information content (AvgIpc) is 3.33. The molecular formula is C18H20N4O2S. The van der Waals surface area contributed by atoms with Gasteiger partial charge >= 0.3 is 11.8 Å². The van der Waals surface area contributed by atoms with Crippen LogP contribution in [0.4, 0.5) is 5.82 Å². The standard InChI is InChI=1S/C18H20N4O2S/c1-12-4-6-13(7-5-12)22-16(14-10-25-11-15(14)20-22)19-17(23)18(24)21-8-2-3-9-21/h4-7H,2-3,8-11H2,1H3,(H,19,23). The van der Waals surface area contributed by atoms with Gasteiger partial charge < -0.3 is 10.2 Å². The number of aromatic nitrogens is 2. The van der Waals surface area contributed by atoms with Crippen molar-refractivity contribution in [3.63, 3.8) is 0 Å². The zero-order chi connectivity index (χ0) is 17.4. The summed E-state index contributed by atoms with van der Waals surface area (Å²) >= 11 is 1.77. The van der Waals surface area contributed by atoms with Gasteiger partial charge in [0, 0.05) is 30.2 Å². The lowest BCUT2D eigenvalue weighted by Gasteiger charge is -2.16. The zero-order valence-corrected chi connectivity index (χ0v) is 14.9. The number of aryl methyl sites for hydroxylation is 1. The van der Waals surface area contributed by atoms with Crippen LogP contribution in [0.3, 0.4) is 0 Å². The molecule has 130 valence electrons. The van der Waals surface area contributed by atoms with Gasteiger partial charge in [-0.15, -0.1) is 0 Å². The second-order valence-electron chi connectivity index (χ2n) is 6.47. The van der Waals surface area contributed by atoms with E-state index in [1.165, 1.54) is 0 Å². The first-order valence-corrected chi connectivity index (χ1v) is 9.65. The fraction of sp³-hybridized carbons (Fsp3) is 0.389. The van der Waals surface area contributed by atoms with Crippen molar-refractivity contribution in [3.05, 3.63) is 41.1 Å². The highest BCUT2D eigenvalue weighted by atomic mass is 32.2. The Morgan fingerprint density at radius 3 is 2.56 bits per heavy atom. The Bertz CT molecular complexity index is 822. The summed E-state index contributed by atoms with van der Waals surface area (Å²) in [4.78, 5) is 26.4. The number of amides is 2. The topological polar surface area (TPSA) is 67.2 Å². The van der Waals surface area contributed by atoms with Gasteiger partial charge in [0.25, 0.3) is 0 Å². The highest BCUT2D eigenvalue weighted by Crippen LogP contribution is 2.36. The van der Waals surface area contributed by atoms with Gasteiger partial charge in [0.15, 0.2) is 0 Å². The highest BCUT2D eigenvalue weighted by molar-refractivity contribution is 7.98. The molecule has 1 fully saturated rings. The third-order valence-electron chi connectivity index (χ3n) is 4.65. The van der Waals surface area contributed by atoms with Crippen molar-refractivity contribution in [3.8, 4) is 5.69 Å². The van der Waals surface area contributed by atoms with Crippen LogP contribution in [0.25, 0.3) is 5.69 Å². The Labute approximate surface area is 150 Å². The fourth-order valence-electron chi connectivity index (χ4n) is 3.24. The van der Waals surface area contributed by atoms with E-state index in [1.54, 1.807) is 21.3 Å². The molecule has 2 amide bonds. The van der Waals surface area contributed by atoms with Crippen molar-refractivity contribution < 1.29 is 9.59 Å². The third-order valence-corrected chi connectivity index (χ3v) is 5.62. The monoisotopic (exact) mass is 356 g/mol. The maximum atomic E-state index is 12.5. The molecule has 2 aliphatic rings. The molecule has 1 aromatic heterocycles. The Hall–Kier alpha value is -2.28. The minimum absolute atomic E-state index is 0.450. The lowest BCUT2D eigenvalue weighted by Crippen LogP contribution is -2.38. The van der Waals surface area contributed by atoms with Gasteiger partial charge in [-0.05, 0) is 31.9 Å². The SMILES string of the molecule is Cc1ccc(-n2nc3c(c2NC(=O)C(=O)N2CCCC2)CSC3)cc1. The minimum atomic E-state index is -0.574. The second kappa shape index (κ2) is 6.55. The first kappa shape index (κ1) is 16.2. The van der Waals surface area contributed by atoms with Gasteiger partial charge in [-0.1, -0.05) is 17.7 Å². The maximum absolute atomic E-state index is 12.5. The molecule has 1 N–H and O–H groups in total. The van der Waals surface area contributed by atoms with E-state index in [1.807, 2.05) is 31.2 Å². The van der Waals surface area contributed by atoms with Crippen LogP contribution in [-0.4, -0.2) is 39.6 Å². The molecule has 0 saturated carbocycles. The van der Waals surface area contributed by atoms with Crippen LogP contribution in [-0.2, 0) is 21.1 Å². The van der Waals surface area contributed by atoms with E-state index in [9.17, 15) is 9.59 Å². The molecule has 7 heteroatoms. The van der Waals surface area contributed by atoms with E-state index in [4.69, 9.17) is 0 Å². The molecule has 2 aromatic rings. The first-order valence-electron chi connectivity index (χ1n) is 8.49. The molecule has 6 nitrogen and oxygen atoms in total. The number of carbonyl (C=O) groups is 2. The lowest BCUT2D eigenvalue weighted by atomic mass is 10.2. The number of hydrogen-bond acceptors (Lipinski definition) is 4. The summed E-state index contributed by atoms with van der Waals surface area (Å²) < 4.78 is 1.75. The van der Waals surface area contributed by atoms with Crippen LogP contribution >= 0.6 is 11.8 Å². The molecule has 0 bridgehead atoms. The summed E-state index contributed by atoms with van der Waals surface area (Å²) in [6.45, 7) is 3.36. The number of nitrogens with zero attached hydrogens (tertiary/aromatic N) is 3. The van der Waals surface area contributed by atoms with Crippen molar-refractivity contribution in [1.29, 1.82) is 0 Å². The summed E-state index contributed by atoms with van der Waals surface area (Å²) in [6.07, 6.45) is 1.93. The summed E-state index contributed by atoms with van der Waals surface area (Å²) in [5.74, 6) is 1.23. The Morgan fingerprint density at radius 2 is 1.84 bits per heavy atom. The Morgan fingerprint density at radius 1 is 1.12 bits per heavy atom. The van der Waals surface area contributed by atoms with Crippen LogP contribution in [0, 0.1) is 6.92 Å². The summed E-state index contributed by atoms with van der Waals surface area (Å²) in [7, 11) is 0. The number of fused-ring (bicyclic) bond motifs is 1. The van der Waals surface area contributed by atoms with E-state index in [-0.39, 0.29) is 0 Å². The Kier molecular flexibility index (Phi) is 4.25. The molecule has 0 radical (unpaired) electrons. The van der Waals surface area contributed by atoms with E-state index in [0.29, 0.717) is 18.9 Å². The largest absolute Gasteiger partial charge is 0.334 e. The molecule has 2 aliphatic heterocycles. The quantitative estimate of drug-likeness (QED) is 0.840. The number of carbonyl (C=O) groups excluding carboxylic acids is 2. The van der Waals surface area contributed by atoms with Gasteiger partial charge in [0.2, 0.25) is 0 Å². The van der Waals surface area contributed by atoms with Gasteiger partial charge in [-0.25, -0.2) is 4.68 Å². The number of likely N-dealkylation sites (tertiary alicyclic amines) is 1. The molecule has 1 aromatic carbocycles. The minimum Gasteiger partial charge on any atom is -0.334 e. The first-order chi connectivity index (χ1) is 12.1. The van der Waals surface area contributed by atoms with E-state index in [0.717, 1.165) is 46.9 Å². The van der Waals surface area contributed by atoms with Crippen LogP contribution < -0.4 is 5.32 Å². The van der Waals surface area contributed by atoms with Crippen LogP contribution in [0.2, 0.25) is 0 Å². The molecule has 0 atom stereocenters. The van der Waals surface area contributed by atoms with Gasteiger partial charge in [0.05, 0.1) is 11.4 Å². The van der Waals surface area contributed by atoms with Crippen LogP contribution in [0.1, 0.15) is 29.7 Å². The molecule has 1 saturated heterocycles. The summed E-state index contributed by atoms with van der Waals surface area (Å²) in [5.41, 5.74) is 4.05. The second-order valence-corrected chi connectivity index (χ2v) is 7.45. The van der Waals surface area contributed by atoms with E-state index >= 15 is 0 Å². The molecular weight excluding hydrogens is 336 g/mol. The van der Waals surface area contributed by atoms with Gasteiger partial charge in [0.1, 0.15) is 5.82 Å². The number of rotatable bonds is 2. The van der Waals surface area contributed by atoms with Crippen molar-refractivity contribution in [1.82, 2.24) is 14.7 Å². The molecule has 0 aliphatic carbocycles. The molecule has 4 rings (SSSR count). The smallest absolute Gasteiger partial charge is 0.315 e.